The fourth-order valence-electron chi connectivity index (χ4n) is 7.72. The van der Waals surface area contributed by atoms with Crippen molar-refractivity contribution in [3.8, 4) is 33.7 Å². The average Bonchev–Trinajstić information content (AvgIpc) is 3.94. The molecule has 0 N–H and O–H groups in total. The molecule has 3 aromatic heterocycles. The molecule has 0 aliphatic rings. The molecular formula is C49H30N2O2S. The van der Waals surface area contributed by atoms with Crippen LogP contribution in [-0.4, -0.2) is 4.98 Å². The van der Waals surface area contributed by atoms with Crippen LogP contribution < -0.4 is 4.90 Å². The first-order valence-electron chi connectivity index (χ1n) is 18.0. The van der Waals surface area contributed by atoms with Gasteiger partial charge in [-0.25, -0.2) is 4.98 Å². The Hall–Kier alpha value is -6.95. The maximum Gasteiger partial charge on any atom is 0.227 e. The lowest BCUT2D eigenvalue weighted by Crippen LogP contribution is -2.09. The van der Waals surface area contributed by atoms with E-state index in [9.17, 15) is 0 Å². The highest BCUT2D eigenvalue weighted by molar-refractivity contribution is 7.25. The topological polar surface area (TPSA) is 42.4 Å². The van der Waals surface area contributed by atoms with E-state index in [4.69, 9.17) is 13.8 Å². The SMILES string of the molecule is c1ccc(-c2ccc(N(c3ccc(-c4cccc5sc6ccccc6c45)cc3)c3ccc4c(c3)oc3cc5oc(-c6ccccc6)nc5cc34)cc2)cc1. The Labute approximate surface area is 314 Å². The van der Waals surface area contributed by atoms with Gasteiger partial charge in [-0.15, -0.1) is 11.3 Å². The zero-order chi connectivity index (χ0) is 35.6. The molecule has 0 unspecified atom stereocenters. The van der Waals surface area contributed by atoms with E-state index in [1.165, 1.54) is 42.4 Å². The van der Waals surface area contributed by atoms with Crippen LogP contribution in [0.1, 0.15) is 0 Å². The number of benzene rings is 8. The summed E-state index contributed by atoms with van der Waals surface area (Å²) in [4.78, 5) is 7.11. The van der Waals surface area contributed by atoms with Crippen molar-refractivity contribution < 1.29 is 8.83 Å². The molecule has 0 aliphatic heterocycles. The normalized spacial score (nSPS) is 11.7. The molecule has 254 valence electrons. The fourth-order valence-corrected chi connectivity index (χ4v) is 8.85. The third kappa shape index (κ3) is 5.09. The van der Waals surface area contributed by atoms with E-state index in [0.717, 1.165) is 50.1 Å². The first-order valence-corrected chi connectivity index (χ1v) is 18.8. The van der Waals surface area contributed by atoms with Gasteiger partial charge in [-0.3, -0.25) is 0 Å². The van der Waals surface area contributed by atoms with Gasteiger partial charge in [0.25, 0.3) is 0 Å². The van der Waals surface area contributed by atoms with E-state index in [1.807, 2.05) is 47.7 Å². The van der Waals surface area contributed by atoms with E-state index in [-0.39, 0.29) is 0 Å². The summed E-state index contributed by atoms with van der Waals surface area (Å²) >= 11 is 1.85. The van der Waals surface area contributed by atoms with E-state index in [0.29, 0.717) is 11.5 Å². The number of anilines is 3. The quantitative estimate of drug-likeness (QED) is 0.172. The van der Waals surface area contributed by atoms with Crippen LogP contribution in [0.25, 0.3) is 86.9 Å². The van der Waals surface area contributed by atoms with Gasteiger partial charge >= 0.3 is 0 Å². The van der Waals surface area contributed by atoms with Crippen LogP contribution in [0.3, 0.4) is 0 Å². The Balaban J connectivity index is 1.02. The predicted octanol–water partition coefficient (Wildman–Crippen LogP) is 14.6. The Morgan fingerprint density at radius 1 is 0.407 bits per heavy atom. The van der Waals surface area contributed by atoms with E-state index in [2.05, 4.69) is 150 Å². The van der Waals surface area contributed by atoms with Crippen LogP contribution in [0.15, 0.2) is 191 Å². The molecule has 4 nitrogen and oxygen atoms in total. The highest BCUT2D eigenvalue weighted by atomic mass is 32.1. The molecule has 11 aromatic rings. The van der Waals surface area contributed by atoms with E-state index in [1.54, 1.807) is 0 Å². The minimum atomic E-state index is 0.602. The van der Waals surface area contributed by atoms with Crippen molar-refractivity contribution in [3.63, 3.8) is 0 Å². The molecule has 8 aromatic carbocycles. The molecule has 0 saturated heterocycles. The first-order chi connectivity index (χ1) is 26.7. The van der Waals surface area contributed by atoms with Gasteiger partial charge in [0.2, 0.25) is 5.89 Å². The summed E-state index contributed by atoms with van der Waals surface area (Å²) in [6, 6.07) is 64.0. The van der Waals surface area contributed by atoms with Gasteiger partial charge in [-0.1, -0.05) is 103 Å². The third-order valence-electron chi connectivity index (χ3n) is 10.3. The molecule has 0 aliphatic carbocycles. The summed E-state index contributed by atoms with van der Waals surface area (Å²) in [5.41, 5.74) is 11.9. The second kappa shape index (κ2) is 12.3. The monoisotopic (exact) mass is 710 g/mol. The molecule has 0 amide bonds. The van der Waals surface area contributed by atoms with Crippen LogP contribution in [0.5, 0.6) is 0 Å². The summed E-state index contributed by atoms with van der Waals surface area (Å²) in [5.74, 6) is 0.602. The summed E-state index contributed by atoms with van der Waals surface area (Å²) < 4.78 is 15.3. The second-order valence-electron chi connectivity index (χ2n) is 13.6. The predicted molar refractivity (Wildman–Crippen MR) is 225 cm³/mol. The number of rotatable bonds is 6. The van der Waals surface area contributed by atoms with Crippen molar-refractivity contribution in [2.45, 2.75) is 0 Å². The van der Waals surface area contributed by atoms with E-state index < -0.39 is 0 Å². The van der Waals surface area contributed by atoms with Crippen molar-refractivity contribution in [2.24, 2.45) is 0 Å². The molecule has 0 bridgehead atoms. The first kappa shape index (κ1) is 30.7. The van der Waals surface area contributed by atoms with E-state index >= 15 is 0 Å². The van der Waals surface area contributed by atoms with Gasteiger partial charge in [0.05, 0.1) is 0 Å². The summed E-state index contributed by atoms with van der Waals surface area (Å²) in [6.45, 7) is 0. The number of oxazole rings is 1. The lowest BCUT2D eigenvalue weighted by Gasteiger charge is -2.26. The molecule has 0 spiro atoms. The smallest absolute Gasteiger partial charge is 0.227 e. The highest BCUT2D eigenvalue weighted by Crippen LogP contribution is 2.43. The Kier molecular flexibility index (Phi) is 7.00. The summed E-state index contributed by atoms with van der Waals surface area (Å²) in [5, 5.41) is 4.66. The number of hydrogen-bond acceptors (Lipinski definition) is 5. The van der Waals surface area contributed by atoms with Gasteiger partial charge in [-0.2, -0.15) is 0 Å². The number of nitrogens with zero attached hydrogens (tertiary/aromatic N) is 2. The zero-order valence-corrected chi connectivity index (χ0v) is 29.8. The number of fused-ring (bicyclic) bond motifs is 7. The van der Waals surface area contributed by atoms with Gasteiger partial charge in [-0.05, 0) is 89.0 Å². The van der Waals surface area contributed by atoms with Gasteiger partial charge < -0.3 is 13.7 Å². The van der Waals surface area contributed by atoms with Gasteiger partial charge in [0.15, 0.2) is 5.58 Å². The number of furan rings is 1. The highest BCUT2D eigenvalue weighted by Gasteiger charge is 2.19. The van der Waals surface area contributed by atoms with Crippen LogP contribution >= 0.6 is 11.3 Å². The fraction of sp³-hybridized carbons (Fsp3) is 0. The molecule has 0 fully saturated rings. The molecule has 3 heterocycles. The lowest BCUT2D eigenvalue weighted by atomic mass is 9.99. The second-order valence-corrected chi connectivity index (χ2v) is 14.6. The largest absolute Gasteiger partial charge is 0.456 e. The van der Waals surface area contributed by atoms with Crippen LogP contribution in [0.2, 0.25) is 0 Å². The van der Waals surface area contributed by atoms with Crippen LogP contribution in [0, 0.1) is 0 Å². The molecule has 0 atom stereocenters. The summed E-state index contributed by atoms with van der Waals surface area (Å²) in [6.07, 6.45) is 0. The van der Waals surface area contributed by atoms with Crippen molar-refractivity contribution in [1.82, 2.24) is 4.98 Å². The van der Waals surface area contributed by atoms with Crippen LogP contribution in [0.4, 0.5) is 17.1 Å². The zero-order valence-electron chi connectivity index (χ0n) is 28.9. The molecule has 5 heteroatoms. The molecule has 54 heavy (non-hydrogen) atoms. The Morgan fingerprint density at radius 3 is 1.81 bits per heavy atom. The maximum atomic E-state index is 6.55. The van der Waals surface area contributed by atoms with Crippen molar-refractivity contribution in [3.05, 3.63) is 182 Å². The van der Waals surface area contributed by atoms with Gasteiger partial charge in [0.1, 0.15) is 16.7 Å². The van der Waals surface area contributed by atoms with Crippen molar-refractivity contribution >= 4 is 81.6 Å². The number of hydrogen-bond donors (Lipinski definition) is 0. The molecule has 0 saturated carbocycles. The minimum absolute atomic E-state index is 0.602. The minimum Gasteiger partial charge on any atom is -0.456 e. The lowest BCUT2D eigenvalue weighted by molar-refractivity contribution is 0.617. The van der Waals surface area contributed by atoms with Crippen LogP contribution in [-0.2, 0) is 0 Å². The Bertz CT molecular complexity index is 3140. The number of thiophene rings is 1. The molecular weight excluding hydrogens is 681 g/mol. The molecule has 11 rings (SSSR count). The standard InChI is InChI=1S/C49H30N2O2S/c1-3-10-31(11-4-1)32-18-22-35(23-19-32)51(36-24-20-33(21-25-36)38-15-9-17-47-48(38)40-14-7-8-16-46(40)54-47)37-26-27-39-41-29-42-45(30-44(41)52-43(39)28-37)53-49(50-42)34-12-5-2-6-13-34/h1-30H. The van der Waals surface area contributed by atoms with Crippen molar-refractivity contribution in [1.29, 1.82) is 0 Å². The summed E-state index contributed by atoms with van der Waals surface area (Å²) in [7, 11) is 0. The van der Waals surface area contributed by atoms with Gasteiger partial charge in [0, 0.05) is 65.7 Å². The maximum absolute atomic E-state index is 6.55. The third-order valence-corrected chi connectivity index (χ3v) is 11.5. The number of aromatic nitrogens is 1. The molecule has 0 radical (unpaired) electrons. The average molecular weight is 711 g/mol. The Morgan fingerprint density at radius 2 is 1.04 bits per heavy atom. The van der Waals surface area contributed by atoms with Crippen molar-refractivity contribution in [2.75, 3.05) is 4.90 Å².